The summed E-state index contributed by atoms with van der Waals surface area (Å²) >= 11 is 0. The highest BCUT2D eigenvalue weighted by atomic mass is 19.1. The van der Waals surface area contributed by atoms with Crippen molar-refractivity contribution in [2.24, 2.45) is 4.99 Å². The van der Waals surface area contributed by atoms with Crippen molar-refractivity contribution < 1.29 is 19.0 Å². The van der Waals surface area contributed by atoms with E-state index in [0.29, 0.717) is 45.4 Å². The minimum absolute atomic E-state index is 0.272. The molecular formula is C23H32FN3O3. The Bertz CT molecular complexity index is 827. The predicted octanol–water partition coefficient (Wildman–Crippen LogP) is 3.30. The number of hydrogen-bond acceptors (Lipinski definition) is 4. The highest BCUT2D eigenvalue weighted by molar-refractivity contribution is 5.79. The Balaban J connectivity index is 2.04. The van der Waals surface area contributed by atoms with E-state index in [0.717, 1.165) is 22.4 Å². The predicted molar refractivity (Wildman–Crippen MR) is 117 cm³/mol. The molecule has 0 amide bonds. The number of rotatable bonds is 11. The molecule has 0 fully saturated rings. The van der Waals surface area contributed by atoms with E-state index in [9.17, 15) is 9.50 Å². The van der Waals surface area contributed by atoms with Crippen LogP contribution in [0.5, 0.6) is 5.75 Å². The van der Waals surface area contributed by atoms with Gasteiger partial charge in [0.05, 0.1) is 19.8 Å². The zero-order valence-corrected chi connectivity index (χ0v) is 18.0. The summed E-state index contributed by atoms with van der Waals surface area (Å²) in [6.45, 7) is 8.99. The standard InChI is InChI=1S/C23H32FN3O3/c1-4-25-23(26-14-18-7-9-21(24)20(13-18)16-28)27-15-19-8-6-17(3)12-22(19)30-11-10-29-5-2/h6-9,12-13,28H,4-5,10-11,14-16H2,1-3H3,(H2,25,26,27). The van der Waals surface area contributed by atoms with Gasteiger partial charge >= 0.3 is 0 Å². The van der Waals surface area contributed by atoms with Crippen LogP contribution in [0.25, 0.3) is 0 Å². The molecule has 0 aliphatic carbocycles. The van der Waals surface area contributed by atoms with Crippen LogP contribution in [-0.2, 0) is 24.4 Å². The second-order valence-electron chi connectivity index (χ2n) is 6.79. The quantitative estimate of drug-likeness (QED) is 0.297. The molecule has 0 bridgehead atoms. The molecule has 0 saturated heterocycles. The lowest BCUT2D eigenvalue weighted by Gasteiger charge is -2.15. The van der Waals surface area contributed by atoms with E-state index in [-0.39, 0.29) is 12.2 Å². The number of halogens is 1. The van der Waals surface area contributed by atoms with Crippen LogP contribution in [0.1, 0.15) is 36.1 Å². The van der Waals surface area contributed by atoms with Gasteiger partial charge in [-0.1, -0.05) is 18.2 Å². The summed E-state index contributed by atoms with van der Waals surface area (Å²) in [5.74, 6) is 1.06. The Kier molecular flexibility index (Phi) is 10.1. The molecule has 3 N–H and O–H groups in total. The Morgan fingerprint density at radius 2 is 1.90 bits per heavy atom. The van der Waals surface area contributed by atoms with Crippen LogP contribution >= 0.6 is 0 Å². The van der Waals surface area contributed by atoms with E-state index >= 15 is 0 Å². The summed E-state index contributed by atoms with van der Waals surface area (Å²) in [5, 5.41) is 15.8. The summed E-state index contributed by atoms with van der Waals surface area (Å²) in [4.78, 5) is 4.57. The van der Waals surface area contributed by atoms with Crippen LogP contribution in [0.2, 0.25) is 0 Å². The Hall–Kier alpha value is -2.64. The van der Waals surface area contributed by atoms with Crippen molar-refractivity contribution in [1.29, 1.82) is 0 Å². The molecule has 0 aliphatic heterocycles. The average molecular weight is 418 g/mol. The number of hydrogen-bond donors (Lipinski definition) is 3. The molecule has 30 heavy (non-hydrogen) atoms. The molecule has 0 radical (unpaired) electrons. The summed E-state index contributed by atoms with van der Waals surface area (Å²) in [6.07, 6.45) is 0. The zero-order chi connectivity index (χ0) is 21.8. The van der Waals surface area contributed by atoms with Gasteiger partial charge in [0.25, 0.3) is 0 Å². The number of nitrogens with zero attached hydrogens (tertiary/aromatic N) is 1. The third kappa shape index (κ3) is 7.65. The van der Waals surface area contributed by atoms with Crippen LogP contribution < -0.4 is 15.4 Å². The van der Waals surface area contributed by atoms with Crippen LogP contribution in [0, 0.1) is 12.7 Å². The van der Waals surface area contributed by atoms with Gasteiger partial charge < -0.3 is 25.2 Å². The lowest BCUT2D eigenvalue weighted by Crippen LogP contribution is -2.36. The van der Waals surface area contributed by atoms with Gasteiger partial charge in [0.15, 0.2) is 5.96 Å². The first-order chi connectivity index (χ1) is 14.6. The summed E-state index contributed by atoms with van der Waals surface area (Å²) in [7, 11) is 0. The number of aliphatic hydroxyl groups is 1. The number of ether oxygens (including phenoxy) is 2. The average Bonchev–Trinajstić information content (AvgIpc) is 2.75. The molecule has 2 aromatic rings. The van der Waals surface area contributed by atoms with E-state index in [1.807, 2.05) is 39.0 Å². The number of guanidine groups is 1. The second-order valence-corrected chi connectivity index (χ2v) is 6.79. The first-order valence-corrected chi connectivity index (χ1v) is 10.3. The smallest absolute Gasteiger partial charge is 0.191 e. The number of aryl methyl sites for hydroxylation is 1. The van der Waals surface area contributed by atoms with Gasteiger partial charge in [0.1, 0.15) is 18.2 Å². The minimum Gasteiger partial charge on any atom is -0.491 e. The van der Waals surface area contributed by atoms with E-state index in [1.165, 1.54) is 6.07 Å². The van der Waals surface area contributed by atoms with Crippen molar-refractivity contribution in [2.45, 2.75) is 40.5 Å². The first-order valence-electron chi connectivity index (χ1n) is 10.3. The van der Waals surface area contributed by atoms with E-state index < -0.39 is 5.82 Å². The first kappa shape index (κ1) is 23.6. The fourth-order valence-corrected chi connectivity index (χ4v) is 2.84. The maximum Gasteiger partial charge on any atom is 0.191 e. The Morgan fingerprint density at radius 1 is 1.07 bits per heavy atom. The van der Waals surface area contributed by atoms with Crippen LogP contribution in [0.15, 0.2) is 41.4 Å². The number of nitrogens with one attached hydrogen (secondary N) is 2. The van der Waals surface area contributed by atoms with Crippen LogP contribution in [0.3, 0.4) is 0 Å². The highest BCUT2D eigenvalue weighted by Gasteiger charge is 2.07. The topological polar surface area (TPSA) is 75.1 Å². The monoisotopic (exact) mass is 417 g/mol. The van der Waals surface area contributed by atoms with Gasteiger partial charge in [-0.3, -0.25) is 0 Å². The SMILES string of the molecule is CCNC(=NCc1ccc(F)c(CO)c1)NCc1ccc(C)cc1OCCOCC. The summed E-state index contributed by atoms with van der Waals surface area (Å²) in [6, 6.07) is 10.8. The largest absolute Gasteiger partial charge is 0.491 e. The fraction of sp³-hybridized carbons (Fsp3) is 0.435. The molecule has 6 nitrogen and oxygen atoms in total. The number of aliphatic hydroxyl groups excluding tert-OH is 1. The van der Waals surface area contributed by atoms with Crippen molar-refractivity contribution in [3.63, 3.8) is 0 Å². The lowest BCUT2D eigenvalue weighted by atomic mass is 10.1. The maximum atomic E-state index is 13.6. The third-order valence-electron chi connectivity index (χ3n) is 4.40. The number of benzene rings is 2. The van der Waals surface area contributed by atoms with Gasteiger partial charge in [-0.05, 0) is 50.1 Å². The molecule has 0 aromatic heterocycles. The van der Waals surface area contributed by atoms with Crippen LogP contribution in [0.4, 0.5) is 4.39 Å². The van der Waals surface area contributed by atoms with E-state index in [4.69, 9.17) is 9.47 Å². The molecule has 7 heteroatoms. The molecular weight excluding hydrogens is 385 g/mol. The molecule has 0 spiro atoms. The molecule has 0 aliphatic rings. The molecule has 0 heterocycles. The van der Waals surface area contributed by atoms with Crippen molar-refractivity contribution in [3.8, 4) is 5.75 Å². The molecule has 2 aromatic carbocycles. The van der Waals surface area contributed by atoms with Crippen molar-refractivity contribution in [2.75, 3.05) is 26.4 Å². The third-order valence-corrected chi connectivity index (χ3v) is 4.40. The molecule has 164 valence electrons. The van der Waals surface area contributed by atoms with Gasteiger partial charge in [0, 0.05) is 30.8 Å². The maximum absolute atomic E-state index is 13.6. The molecule has 0 saturated carbocycles. The van der Waals surface area contributed by atoms with Gasteiger partial charge in [-0.2, -0.15) is 0 Å². The van der Waals surface area contributed by atoms with Gasteiger partial charge in [-0.15, -0.1) is 0 Å². The highest BCUT2D eigenvalue weighted by Crippen LogP contribution is 2.20. The molecule has 2 rings (SSSR count). The second kappa shape index (κ2) is 12.8. The Labute approximate surface area is 178 Å². The van der Waals surface area contributed by atoms with E-state index in [2.05, 4.69) is 15.6 Å². The van der Waals surface area contributed by atoms with E-state index in [1.54, 1.807) is 12.1 Å². The normalized spacial score (nSPS) is 11.4. The zero-order valence-electron chi connectivity index (χ0n) is 18.0. The summed E-state index contributed by atoms with van der Waals surface area (Å²) in [5.41, 5.74) is 3.25. The van der Waals surface area contributed by atoms with Crippen molar-refractivity contribution in [1.82, 2.24) is 10.6 Å². The van der Waals surface area contributed by atoms with Gasteiger partial charge in [0.2, 0.25) is 0 Å². The van der Waals surface area contributed by atoms with Gasteiger partial charge in [-0.25, -0.2) is 9.38 Å². The van der Waals surface area contributed by atoms with Crippen molar-refractivity contribution in [3.05, 3.63) is 64.5 Å². The Morgan fingerprint density at radius 3 is 2.63 bits per heavy atom. The van der Waals surface area contributed by atoms with Crippen molar-refractivity contribution >= 4 is 5.96 Å². The molecule has 0 atom stereocenters. The minimum atomic E-state index is -0.411. The number of aliphatic imine (C=N–C) groups is 1. The fourth-order valence-electron chi connectivity index (χ4n) is 2.84. The molecule has 0 unspecified atom stereocenters. The summed E-state index contributed by atoms with van der Waals surface area (Å²) < 4.78 is 24.8. The van der Waals surface area contributed by atoms with Crippen LogP contribution in [-0.4, -0.2) is 37.4 Å². The lowest BCUT2D eigenvalue weighted by molar-refractivity contribution is 0.110.